The van der Waals surface area contributed by atoms with Crippen molar-refractivity contribution in [3.05, 3.63) is 24.4 Å². The van der Waals surface area contributed by atoms with Crippen LogP contribution in [0.5, 0.6) is 0 Å². The Labute approximate surface area is 55.0 Å². The lowest BCUT2D eigenvalue weighted by atomic mass is 10.5. The van der Waals surface area contributed by atoms with Crippen LogP contribution in [-0.2, 0) is 0 Å². The van der Waals surface area contributed by atoms with E-state index in [0.29, 0.717) is 0 Å². The zero-order chi connectivity index (χ0) is 6.53. The highest BCUT2D eigenvalue weighted by molar-refractivity contribution is 5.71. The first kappa shape index (κ1) is 6.23. The zero-order valence-electron chi connectivity index (χ0n) is 5.30. The van der Waals surface area contributed by atoms with Gasteiger partial charge >= 0.3 is 0 Å². The molecule has 0 fully saturated rings. The fourth-order valence-corrected chi connectivity index (χ4v) is 0.709. The molecule has 0 aromatic heterocycles. The lowest BCUT2D eigenvalue weighted by Crippen LogP contribution is -2.07. The molecule has 2 nitrogen and oxygen atoms in total. The van der Waals surface area contributed by atoms with Gasteiger partial charge in [-0.1, -0.05) is 12.7 Å². The van der Waals surface area contributed by atoms with Crippen molar-refractivity contribution in [2.45, 2.75) is 0 Å². The molecule has 0 saturated heterocycles. The van der Waals surface area contributed by atoms with Crippen LogP contribution in [0.3, 0.4) is 0 Å². The van der Waals surface area contributed by atoms with Crippen LogP contribution >= 0.6 is 0 Å². The summed E-state index contributed by atoms with van der Waals surface area (Å²) in [6, 6.07) is 0. The summed E-state index contributed by atoms with van der Waals surface area (Å²) in [5, 5.41) is 3.14. The van der Waals surface area contributed by atoms with Gasteiger partial charge in [0.05, 0.1) is 5.70 Å². The largest absolute Gasteiger partial charge is 0.308 e. The molecule has 0 unspecified atom stereocenters. The standard InChI is InChI=1S/C7H10N2/c1-2-4-9-7-3-5-8-6-7/h2-4,8H,1,5-6H2. The summed E-state index contributed by atoms with van der Waals surface area (Å²) < 4.78 is 0. The third-order valence-corrected chi connectivity index (χ3v) is 1.13. The Morgan fingerprint density at radius 1 is 1.78 bits per heavy atom. The molecule has 0 radical (unpaired) electrons. The van der Waals surface area contributed by atoms with E-state index in [0.717, 1.165) is 18.8 Å². The minimum Gasteiger partial charge on any atom is -0.308 e. The van der Waals surface area contributed by atoms with Crippen LogP contribution < -0.4 is 5.32 Å². The summed E-state index contributed by atoms with van der Waals surface area (Å²) in [6.07, 6.45) is 5.46. The Morgan fingerprint density at radius 3 is 3.22 bits per heavy atom. The Hall–Kier alpha value is -0.890. The van der Waals surface area contributed by atoms with Gasteiger partial charge in [-0.2, -0.15) is 0 Å². The Kier molecular flexibility index (Phi) is 2.22. The maximum absolute atomic E-state index is 4.10. The molecule has 48 valence electrons. The van der Waals surface area contributed by atoms with Crippen LogP contribution in [0.1, 0.15) is 0 Å². The van der Waals surface area contributed by atoms with Gasteiger partial charge in [-0.05, 0) is 6.08 Å². The van der Waals surface area contributed by atoms with E-state index in [1.165, 1.54) is 0 Å². The monoisotopic (exact) mass is 122 g/mol. The maximum atomic E-state index is 4.10. The topological polar surface area (TPSA) is 24.4 Å². The second kappa shape index (κ2) is 3.20. The average Bonchev–Trinajstić information content (AvgIpc) is 2.34. The Balaban J connectivity index is 2.42. The van der Waals surface area contributed by atoms with Gasteiger partial charge in [-0.15, -0.1) is 0 Å². The highest BCUT2D eigenvalue weighted by atomic mass is 14.9. The van der Waals surface area contributed by atoms with Gasteiger partial charge in [0.15, 0.2) is 0 Å². The molecule has 0 bridgehead atoms. The first-order valence-corrected chi connectivity index (χ1v) is 2.98. The molecule has 1 aliphatic heterocycles. The quantitative estimate of drug-likeness (QED) is 0.536. The van der Waals surface area contributed by atoms with Gasteiger partial charge in [0.2, 0.25) is 0 Å². The molecular formula is C7H10N2. The van der Waals surface area contributed by atoms with E-state index in [2.05, 4.69) is 23.0 Å². The number of nitrogens with one attached hydrogen (secondary N) is 1. The van der Waals surface area contributed by atoms with E-state index in [1.807, 2.05) is 0 Å². The molecule has 0 aromatic rings. The molecule has 0 saturated carbocycles. The fourth-order valence-electron chi connectivity index (χ4n) is 0.709. The first-order valence-electron chi connectivity index (χ1n) is 2.98. The minimum atomic E-state index is 0.893. The fraction of sp³-hybridized carbons (Fsp3) is 0.286. The van der Waals surface area contributed by atoms with Crippen molar-refractivity contribution in [2.24, 2.45) is 4.99 Å². The Bertz CT molecular complexity index is 156. The van der Waals surface area contributed by atoms with E-state index in [4.69, 9.17) is 0 Å². The third-order valence-electron chi connectivity index (χ3n) is 1.13. The number of nitrogens with zero attached hydrogens (tertiary/aromatic N) is 1. The van der Waals surface area contributed by atoms with Crippen LogP contribution in [0.15, 0.2) is 29.4 Å². The summed E-state index contributed by atoms with van der Waals surface area (Å²) in [4.78, 5) is 4.10. The summed E-state index contributed by atoms with van der Waals surface area (Å²) in [5.41, 5.74) is 1.11. The van der Waals surface area contributed by atoms with Crippen molar-refractivity contribution in [3.8, 4) is 0 Å². The van der Waals surface area contributed by atoms with Crippen molar-refractivity contribution in [2.75, 3.05) is 13.1 Å². The summed E-state index contributed by atoms with van der Waals surface area (Å²) in [6.45, 7) is 5.37. The van der Waals surface area contributed by atoms with Crippen LogP contribution in [0, 0.1) is 0 Å². The maximum Gasteiger partial charge on any atom is 0.0514 e. The minimum absolute atomic E-state index is 0.893. The van der Waals surface area contributed by atoms with Gasteiger partial charge < -0.3 is 5.32 Å². The predicted octanol–water partition coefficient (Wildman–Crippen LogP) is 0.730. The molecule has 2 heteroatoms. The van der Waals surface area contributed by atoms with Crippen LogP contribution in [0.25, 0.3) is 0 Å². The van der Waals surface area contributed by atoms with Gasteiger partial charge in [0.25, 0.3) is 0 Å². The number of allylic oxidation sites excluding steroid dienone is 1. The summed E-state index contributed by atoms with van der Waals surface area (Å²) >= 11 is 0. The normalized spacial score (nSPS) is 18.4. The van der Waals surface area contributed by atoms with Crippen molar-refractivity contribution in [1.82, 2.24) is 5.32 Å². The first-order chi connectivity index (χ1) is 4.43. The van der Waals surface area contributed by atoms with Crippen molar-refractivity contribution in [3.63, 3.8) is 0 Å². The zero-order valence-corrected chi connectivity index (χ0v) is 5.30. The van der Waals surface area contributed by atoms with Gasteiger partial charge in [0, 0.05) is 19.3 Å². The number of rotatable bonds is 2. The van der Waals surface area contributed by atoms with E-state index in [-0.39, 0.29) is 0 Å². The lowest BCUT2D eigenvalue weighted by Gasteiger charge is -1.87. The van der Waals surface area contributed by atoms with Crippen LogP contribution in [0.4, 0.5) is 0 Å². The molecule has 0 spiro atoms. The second-order valence-corrected chi connectivity index (χ2v) is 1.84. The van der Waals surface area contributed by atoms with E-state index < -0.39 is 0 Å². The highest BCUT2D eigenvalue weighted by Crippen LogP contribution is 1.97. The highest BCUT2D eigenvalue weighted by Gasteiger charge is 1.97. The van der Waals surface area contributed by atoms with Gasteiger partial charge in [-0.3, -0.25) is 4.99 Å². The molecule has 1 aliphatic rings. The molecule has 1 N–H and O–H groups in total. The van der Waals surface area contributed by atoms with Crippen molar-refractivity contribution in [1.29, 1.82) is 0 Å². The molecular weight excluding hydrogens is 112 g/mol. The molecule has 1 heterocycles. The van der Waals surface area contributed by atoms with E-state index in [1.54, 1.807) is 12.3 Å². The van der Waals surface area contributed by atoms with E-state index in [9.17, 15) is 0 Å². The number of hydrogen-bond donors (Lipinski definition) is 1. The lowest BCUT2D eigenvalue weighted by molar-refractivity contribution is 0.871. The molecule has 0 amide bonds. The number of hydrogen-bond acceptors (Lipinski definition) is 2. The third kappa shape index (κ3) is 1.82. The Morgan fingerprint density at radius 2 is 2.67 bits per heavy atom. The molecule has 0 atom stereocenters. The second-order valence-electron chi connectivity index (χ2n) is 1.84. The summed E-state index contributed by atoms with van der Waals surface area (Å²) in [5.74, 6) is 0. The van der Waals surface area contributed by atoms with Gasteiger partial charge in [-0.25, -0.2) is 0 Å². The average molecular weight is 122 g/mol. The van der Waals surface area contributed by atoms with Crippen LogP contribution in [0.2, 0.25) is 0 Å². The van der Waals surface area contributed by atoms with E-state index >= 15 is 0 Å². The SMILES string of the molecule is C=CC=NC1=CCNC1. The van der Waals surface area contributed by atoms with Crippen molar-refractivity contribution < 1.29 is 0 Å². The predicted molar refractivity (Wildman–Crippen MR) is 39.6 cm³/mol. The molecule has 9 heavy (non-hydrogen) atoms. The van der Waals surface area contributed by atoms with Crippen LogP contribution in [-0.4, -0.2) is 19.3 Å². The molecule has 0 aromatic carbocycles. The van der Waals surface area contributed by atoms with Gasteiger partial charge in [0.1, 0.15) is 0 Å². The smallest absolute Gasteiger partial charge is 0.0514 e. The molecule has 0 aliphatic carbocycles. The molecule has 1 rings (SSSR count). The number of aliphatic imine (C=N–C) groups is 1. The summed E-state index contributed by atoms with van der Waals surface area (Å²) in [7, 11) is 0. The van der Waals surface area contributed by atoms with Crippen molar-refractivity contribution >= 4 is 6.21 Å².